The van der Waals surface area contributed by atoms with Crippen LogP contribution < -0.4 is 4.72 Å². The number of rotatable bonds is 5. The van der Waals surface area contributed by atoms with E-state index < -0.39 is 15.8 Å². The maximum atomic E-state index is 13.3. The Morgan fingerprint density at radius 1 is 1.14 bits per heavy atom. The zero-order valence-corrected chi connectivity index (χ0v) is 18.5. The van der Waals surface area contributed by atoms with Crippen molar-refractivity contribution in [3.8, 4) is 0 Å². The molecule has 1 saturated heterocycles. The first kappa shape index (κ1) is 22.5. The van der Waals surface area contributed by atoms with Gasteiger partial charge < -0.3 is 4.90 Å². The van der Waals surface area contributed by atoms with Crippen LogP contribution in [0.1, 0.15) is 39.5 Å². The lowest BCUT2D eigenvalue weighted by Crippen LogP contribution is -2.52. The molecule has 3 rings (SSSR count). The summed E-state index contributed by atoms with van der Waals surface area (Å²) >= 11 is 5.70. The largest absolute Gasteiger partial charge is 0.340 e. The molecule has 0 bridgehead atoms. The highest BCUT2D eigenvalue weighted by Crippen LogP contribution is 2.28. The van der Waals surface area contributed by atoms with E-state index in [9.17, 15) is 17.6 Å². The Balaban J connectivity index is 1.51. The Hall–Kier alpha value is -1.22. The SMILES string of the molecule is CC(C)N1CCN(C(=O)[C@H]2CC[C@H](NS(=O)(=O)c3ccc(F)c(Cl)c3)CC2)CC1. The van der Waals surface area contributed by atoms with E-state index in [0.29, 0.717) is 31.7 Å². The van der Waals surface area contributed by atoms with Gasteiger partial charge in [0.25, 0.3) is 0 Å². The molecule has 6 nitrogen and oxygen atoms in total. The highest BCUT2D eigenvalue weighted by Gasteiger charge is 2.33. The molecule has 0 atom stereocenters. The van der Waals surface area contributed by atoms with Gasteiger partial charge >= 0.3 is 0 Å². The second-order valence-electron chi connectivity index (χ2n) is 8.20. The minimum atomic E-state index is -3.77. The minimum Gasteiger partial charge on any atom is -0.340 e. The maximum Gasteiger partial charge on any atom is 0.240 e. The predicted octanol–water partition coefficient (Wildman–Crippen LogP) is 2.87. The summed E-state index contributed by atoms with van der Waals surface area (Å²) in [5.41, 5.74) is 0. The number of carbonyl (C=O) groups excluding carboxylic acids is 1. The van der Waals surface area contributed by atoms with Gasteiger partial charge in [0.1, 0.15) is 5.82 Å². The monoisotopic (exact) mass is 445 g/mol. The van der Waals surface area contributed by atoms with E-state index in [4.69, 9.17) is 11.6 Å². The summed E-state index contributed by atoms with van der Waals surface area (Å²) in [5, 5.41) is -0.222. The third kappa shape index (κ3) is 5.48. The van der Waals surface area contributed by atoms with Crippen LogP contribution in [0.4, 0.5) is 4.39 Å². The Labute approximate surface area is 177 Å². The molecule has 162 valence electrons. The molecule has 2 fully saturated rings. The summed E-state index contributed by atoms with van der Waals surface area (Å²) in [7, 11) is -3.77. The highest BCUT2D eigenvalue weighted by molar-refractivity contribution is 7.89. The van der Waals surface area contributed by atoms with Crippen molar-refractivity contribution in [3.05, 3.63) is 29.0 Å². The Kier molecular flexibility index (Phi) is 7.19. The molecule has 1 aromatic rings. The lowest BCUT2D eigenvalue weighted by molar-refractivity contribution is -0.138. The van der Waals surface area contributed by atoms with Crippen LogP contribution in [0, 0.1) is 11.7 Å². The second kappa shape index (κ2) is 9.29. The lowest BCUT2D eigenvalue weighted by Gasteiger charge is -2.39. The number of amides is 1. The van der Waals surface area contributed by atoms with E-state index in [1.54, 1.807) is 0 Å². The van der Waals surface area contributed by atoms with Crippen molar-refractivity contribution in [1.82, 2.24) is 14.5 Å². The van der Waals surface area contributed by atoms with Crippen molar-refractivity contribution in [2.75, 3.05) is 26.2 Å². The van der Waals surface area contributed by atoms with E-state index in [1.807, 2.05) is 4.90 Å². The Bertz CT molecular complexity index is 833. The van der Waals surface area contributed by atoms with Gasteiger partial charge in [0.2, 0.25) is 15.9 Å². The molecular formula is C20H29ClFN3O3S. The van der Waals surface area contributed by atoms with E-state index >= 15 is 0 Å². The summed E-state index contributed by atoms with van der Waals surface area (Å²) < 4.78 is 41.0. The van der Waals surface area contributed by atoms with Crippen LogP contribution in [-0.2, 0) is 14.8 Å². The van der Waals surface area contributed by atoms with Crippen LogP contribution in [0.3, 0.4) is 0 Å². The average Bonchev–Trinajstić information content (AvgIpc) is 2.70. The van der Waals surface area contributed by atoms with Gasteiger partial charge in [-0.15, -0.1) is 0 Å². The number of nitrogens with one attached hydrogen (secondary N) is 1. The first-order valence-electron chi connectivity index (χ1n) is 10.2. The third-order valence-corrected chi connectivity index (χ3v) is 7.76. The van der Waals surface area contributed by atoms with Gasteiger partial charge in [-0.1, -0.05) is 11.6 Å². The van der Waals surface area contributed by atoms with Gasteiger partial charge in [-0.25, -0.2) is 17.5 Å². The van der Waals surface area contributed by atoms with Crippen LogP contribution in [0.15, 0.2) is 23.1 Å². The van der Waals surface area contributed by atoms with E-state index in [2.05, 4.69) is 23.5 Å². The van der Waals surface area contributed by atoms with Crippen molar-refractivity contribution in [2.24, 2.45) is 5.92 Å². The summed E-state index contributed by atoms with van der Waals surface area (Å²) in [6, 6.07) is 3.63. The normalized spacial score (nSPS) is 24.1. The molecule has 1 saturated carbocycles. The average molecular weight is 446 g/mol. The molecule has 1 aliphatic carbocycles. The van der Waals surface area contributed by atoms with E-state index in [1.165, 1.54) is 6.07 Å². The lowest BCUT2D eigenvalue weighted by atomic mass is 9.85. The summed E-state index contributed by atoms with van der Waals surface area (Å²) in [6.45, 7) is 7.65. The topological polar surface area (TPSA) is 69.7 Å². The molecule has 0 unspecified atom stereocenters. The summed E-state index contributed by atoms with van der Waals surface area (Å²) in [5.74, 6) is -0.500. The molecule has 1 aromatic carbocycles. The van der Waals surface area contributed by atoms with Crippen molar-refractivity contribution in [2.45, 2.75) is 56.5 Å². The number of sulfonamides is 1. The van der Waals surface area contributed by atoms with Gasteiger partial charge in [-0.05, 0) is 57.7 Å². The number of hydrogen-bond donors (Lipinski definition) is 1. The maximum absolute atomic E-state index is 13.3. The first-order chi connectivity index (χ1) is 13.7. The molecule has 0 aromatic heterocycles. The number of piperazine rings is 1. The van der Waals surface area contributed by atoms with Gasteiger partial charge in [0.15, 0.2) is 0 Å². The molecule has 1 aliphatic heterocycles. The van der Waals surface area contributed by atoms with Gasteiger partial charge in [-0.2, -0.15) is 0 Å². The van der Waals surface area contributed by atoms with Gasteiger partial charge in [0.05, 0.1) is 9.92 Å². The van der Waals surface area contributed by atoms with Crippen molar-refractivity contribution in [3.63, 3.8) is 0 Å². The number of nitrogens with zero attached hydrogens (tertiary/aromatic N) is 2. The van der Waals surface area contributed by atoms with E-state index in [-0.39, 0.29) is 27.8 Å². The van der Waals surface area contributed by atoms with Crippen molar-refractivity contribution >= 4 is 27.5 Å². The molecule has 2 aliphatic rings. The number of benzene rings is 1. The highest BCUT2D eigenvalue weighted by atomic mass is 35.5. The van der Waals surface area contributed by atoms with Gasteiger partial charge in [0, 0.05) is 44.2 Å². The van der Waals surface area contributed by atoms with Crippen molar-refractivity contribution < 1.29 is 17.6 Å². The van der Waals surface area contributed by atoms with Crippen LogP contribution in [-0.4, -0.2) is 62.4 Å². The van der Waals surface area contributed by atoms with Crippen LogP contribution in [0.25, 0.3) is 0 Å². The van der Waals surface area contributed by atoms with E-state index in [0.717, 1.165) is 38.3 Å². The molecular weight excluding hydrogens is 417 g/mol. The Morgan fingerprint density at radius 3 is 2.31 bits per heavy atom. The summed E-state index contributed by atoms with van der Waals surface area (Å²) in [4.78, 5) is 17.1. The quantitative estimate of drug-likeness (QED) is 0.756. The fourth-order valence-electron chi connectivity index (χ4n) is 4.11. The van der Waals surface area contributed by atoms with Crippen LogP contribution >= 0.6 is 11.6 Å². The van der Waals surface area contributed by atoms with Gasteiger partial charge in [-0.3, -0.25) is 9.69 Å². The van der Waals surface area contributed by atoms with Crippen LogP contribution in [0.2, 0.25) is 5.02 Å². The molecule has 1 N–H and O–H groups in total. The zero-order valence-electron chi connectivity index (χ0n) is 16.9. The molecule has 0 spiro atoms. The number of halogens is 2. The Morgan fingerprint density at radius 2 is 1.76 bits per heavy atom. The smallest absolute Gasteiger partial charge is 0.240 e. The molecule has 1 amide bonds. The minimum absolute atomic E-state index is 0.0402. The molecule has 1 heterocycles. The standard InChI is InChI=1S/C20H29ClFN3O3S/c1-14(2)24-9-11-25(12-10-24)20(26)15-3-5-16(6-4-15)23-29(27,28)17-7-8-19(22)18(21)13-17/h7-8,13-16,23H,3-6,9-12H2,1-2H3/t15-,16-. The van der Waals surface area contributed by atoms with Crippen molar-refractivity contribution in [1.29, 1.82) is 0 Å². The fourth-order valence-corrected chi connectivity index (χ4v) is 5.68. The van der Waals surface area contributed by atoms with Crippen LogP contribution in [0.5, 0.6) is 0 Å². The summed E-state index contributed by atoms with van der Waals surface area (Å²) in [6.07, 6.45) is 2.55. The third-order valence-electron chi connectivity index (χ3n) is 5.96. The molecule has 0 radical (unpaired) electrons. The number of carbonyl (C=O) groups is 1. The predicted molar refractivity (Wildman–Crippen MR) is 111 cm³/mol. The second-order valence-corrected chi connectivity index (χ2v) is 10.3. The molecule has 9 heteroatoms. The molecule has 29 heavy (non-hydrogen) atoms. The first-order valence-corrected chi connectivity index (χ1v) is 12.0. The fraction of sp³-hybridized carbons (Fsp3) is 0.650. The number of hydrogen-bond acceptors (Lipinski definition) is 4. The zero-order chi connectivity index (χ0) is 21.2.